The number of furan rings is 2. The van der Waals surface area contributed by atoms with E-state index in [1.165, 1.54) is 6.26 Å². The van der Waals surface area contributed by atoms with E-state index in [1.807, 2.05) is 6.07 Å². The molecule has 0 fully saturated rings. The molecule has 56 valence electrons. The Bertz CT molecular complexity index is 335. The summed E-state index contributed by atoms with van der Waals surface area (Å²) >= 11 is 0. The van der Waals surface area contributed by atoms with Crippen LogP contribution in [0.1, 0.15) is 0 Å². The van der Waals surface area contributed by atoms with E-state index in [9.17, 15) is 0 Å². The highest BCUT2D eigenvalue weighted by Gasteiger charge is 2.03. The summed E-state index contributed by atoms with van der Waals surface area (Å²) in [5, 5.41) is 0. The Morgan fingerprint density at radius 2 is 2.09 bits per heavy atom. The summed E-state index contributed by atoms with van der Waals surface area (Å²) in [6, 6.07) is 5.34. The fraction of sp³-hybridized carbons (Fsp3) is 0. The Hall–Kier alpha value is -1.64. The Morgan fingerprint density at radius 1 is 1.18 bits per heavy atom. The van der Waals surface area contributed by atoms with Gasteiger partial charge in [-0.15, -0.1) is 0 Å². The molecule has 0 aliphatic heterocycles. The number of nitrogens with two attached hydrogens (primary N) is 1. The second kappa shape index (κ2) is 2.20. The summed E-state index contributed by atoms with van der Waals surface area (Å²) in [5.41, 5.74) is 6.06. The van der Waals surface area contributed by atoms with Gasteiger partial charge >= 0.3 is 0 Å². The number of anilines is 1. The summed E-state index contributed by atoms with van der Waals surface area (Å²) in [6.07, 6.45) is 3.08. The predicted molar refractivity (Wildman–Crippen MR) is 40.8 cm³/mol. The van der Waals surface area contributed by atoms with Crippen molar-refractivity contribution in [2.45, 2.75) is 0 Å². The van der Waals surface area contributed by atoms with Crippen LogP contribution in [0, 0.1) is 0 Å². The predicted octanol–water partition coefficient (Wildman–Crippen LogP) is 2.12. The number of rotatable bonds is 1. The highest BCUT2D eigenvalue weighted by molar-refractivity contribution is 5.55. The molecule has 2 N–H and O–H groups in total. The zero-order chi connectivity index (χ0) is 7.68. The summed E-state index contributed by atoms with van der Waals surface area (Å²) in [7, 11) is 0. The van der Waals surface area contributed by atoms with Crippen LogP contribution in [0.15, 0.2) is 39.6 Å². The van der Waals surface area contributed by atoms with Gasteiger partial charge in [0.05, 0.1) is 12.0 Å². The topological polar surface area (TPSA) is 52.3 Å². The fourth-order valence-electron chi connectivity index (χ4n) is 0.899. The molecule has 0 aliphatic rings. The molecule has 2 aromatic rings. The second-order valence-corrected chi connectivity index (χ2v) is 2.22. The lowest BCUT2D eigenvalue weighted by Crippen LogP contribution is -1.75. The van der Waals surface area contributed by atoms with Crippen LogP contribution in [-0.2, 0) is 0 Å². The van der Waals surface area contributed by atoms with Crippen LogP contribution in [0.25, 0.3) is 11.5 Å². The van der Waals surface area contributed by atoms with E-state index in [0.717, 1.165) is 0 Å². The molecule has 2 aromatic heterocycles. The van der Waals surface area contributed by atoms with Gasteiger partial charge in [-0.1, -0.05) is 0 Å². The Labute approximate surface area is 63.4 Å². The maximum Gasteiger partial charge on any atom is 0.171 e. The third kappa shape index (κ3) is 1.00. The van der Waals surface area contributed by atoms with Crippen LogP contribution in [0.3, 0.4) is 0 Å². The molecule has 0 bridgehead atoms. The molecule has 0 atom stereocenters. The summed E-state index contributed by atoms with van der Waals surface area (Å²) in [5.74, 6) is 1.36. The first-order valence-corrected chi connectivity index (χ1v) is 3.24. The average Bonchev–Trinajstić information content (AvgIpc) is 2.55. The van der Waals surface area contributed by atoms with Crippen LogP contribution in [0.5, 0.6) is 0 Å². The molecule has 3 nitrogen and oxygen atoms in total. The SMILES string of the molecule is Nc1coc(-c2ccco2)c1. The van der Waals surface area contributed by atoms with E-state index < -0.39 is 0 Å². The molecule has 0 spiro atoms. The molecular formula is C8H7NO2. The van der Waals surface area contributed by atoms with Gasteiger partial charge < -0.3 is 14.6 Å². The Kier molecular flexibility index (Phi) is 1.22. The summed E-state index contributed by atoms with van der Waals surface area (Å²) < 4.78 is 10.2. The smallest absolute Gasteiger partial charge is 0.171 e. The molecular weight excluding hydrogens is 142 g/mol. The van der Waals surface area contributed by atoms with Crippen LogP contribution < -0.4 is 5.73 Å². The van der Waals surface area contributed by atoms with E-state index in [4.69, 9.17) is 14.6 Å². The van der Waals surface area contributed by atoms with Gasteiger partial charge in [-0.25, -0.2) is 0 Å². The van der Waals surface area contributed by atoms with Crippen molar-refractivity contribution in [1.82, 2.24) is 0 Å². The number of nitrogen functional groups attached to an aromatic ring is 1. The molecule has 3 heteroatoms. The minimum Gasteiger partial charge on any atom is -0.461 e. The first-order valence-electron chi connectivity index (χ1n) is 3.24. The molecule has 2 rings (SSSR count). The van der Waals surface area contributed by atoms with Crippen molar-refractivity contribution in [3.8, 4) is 11.5 Å². The monoisotopic (exact) mass is 149 g/mol. The van der Waals surface area contributed by atoms with Crippen molar-refractivity contribution in [1.29, 1.82) is 0 Å². The van der Waals surface area contributed by atoms with Crippen LogP contribution in [0.2, 0.25) is 0 Å². The maximum absolute atomic E-state index is 5.45. The van der Waals surface area contributed by atoms with E-state index in [0.29, 0.717) is 17.2 Å². The van der Waals surface area contributed by atoms with Crippen LogP contribution in [-0.4, -0.2) is 0 Å². The van der Waals surface area contributed by atoms with Gasteiger partial charge in [-0.05, 0) is 12.1 Å². The molecule has 0 aromatic carbocycles. The molecule has 11 heavy (non-hydrogen) atoms. The molecule has 0 saturated carbocycles. The molecule has 0 saturated heterocycles. The van der Waals surface area contributed by atoms with Crippen molar-refractivity contribution >= 4 is 5.69 Å². The highest BCUT2D eigenvalue weighted by atomic mass is 16.4. The second-order valence-electron chi connectivity index (χ2n) is 2.22. The van der Waals surface area contributed by atoms with Gasteiger partial charge in [-0.3, -0.25) is 0 Å². The zero-order valence-electron chi connectivity index (χ0n) is 5.78. The third-order valence-electron chi connectivity index (χ3n) is 1.38. The summed E-state index contributed by atoms with van der Waals surface area (Å²) in [4.78, 5) is 0. The maximum atomic E-state index is 5.45. The molecule has 0 amide bonds. The quantitative estimate of drug-likeness (QED) is 0.675. The minimum absolute atomic E-state index is 0.608. The lowest BCUT2D eigenvalue weighted by molar-refractivity contribution is 0.525. The van der Waals surface area contributed by atoms with Crippen molar-refractivity contribution in [3.05, 3.63) is 30.7 Å². The average molecular weight is 149 g/mol. The van der Waals surface area contributed by atoms with Crippen molar-refractivity contribution in [3.63, 3.8) is 0 Å². The van der Waals surface area contributed by atoms with Gasteiger partial charge in [0.1, 0.15) is 6.26 Å². The Morgan fingerprint density at radius 3 is 2.64 bits per heavy atom. The standard InChI is InChI=1S/C8H7NO2/c9-6-4-8(11-5-6)7-2-1-3-10-7/h1-5H,9H2. The van der Waals surface area contributed by atoms with Gasteiger partial charge in [0, 0.05) is 6.07 Å². The Balaban J connectivity index is 2.45. The highest BCUT2D eigenvalue weighted by Crippen LogP contribution is 2.22. The van der Waals surface area contributed by atoms with E-state index in [1.54, 1.807) is 18.4 Å². The molecule has 0 aliphatic carbocycles. The largest absolute Gasteiger partial charge is 0.461 e. The van der Waals surface area contributed by atoms with Crippen LogP contribution in [0.4, 0.5) is 5.69 Å². The molecule has 0 radical (unpaired) electrons. The lowest BCUT2D eigenvalue weighted by atomic mass is 10.3. The van der Waals surface area contributed by atoms with Crippen molar-refractivity contribution in [2.24, 2.45) is 0 Å². The van der Waals surface area contributed by atoms with Gasteiger partial charge in [0.2, 0.25) is 0 Å². The number of hydrogen-bond acceptors (Lipinski definition) is 3. The van der Waals surface area contributed by atoms with E-state index >= 15 is 0 Å². The normalized spacial score (nSPS) is 10.2. The zero-order valence-corrected chi connectivity index (χ0v) is 5.78. The third-order valence-corrected chi connectivity index (χ3v) is 1.38. The minimum atomic E-state index is 0.608. The van der Waals surface area contributed by atoms with Gasteiger partial charge in [0.25, 0.3) is 0 Å². The number of hydrogen-bond donors (Lipinski definition) is 1. The van der Waals surface area contributed by atoms with Gasteiger partial charge in [-0.2, -0.15) is 0 Å². The molecule has 0 unspecified atom stereocenters. The van der Waals surface area contributed by atoms with Crippen molar-refractivity contribution < 1.29 is 8.83 Å². The molecule has 2 heterocycles. The van der Waals surface area contributed by atoms with Crippen LogP contribution >= 0.6 is 0 Å². The fourth-order valence-corrected chi connectivity index (χ4v) is 0.899. The van der Waals surface area contributed by atoms with E-state index in [-0.39, 0.29) is 0 Å². The summed E-state index contributed by atoms with van der Waals surface area (Å²) in [6.45, 7) is 0. The first-order chi connectivity index (χ1) is 5.36. The van der Waals surface area contributed by atoms with Gasteiger partial charge in [0.15, 0.2) is 11.5 Å². The first kappa shape index (κ1) is 6.09. The van der Waals surface area contributed by atoms with Crippen molar-refractivity contribution in [2.75, 3.05) is 5.73 Å². The van der Waals surface area contributed by atoms with E-state index in [2.05, 4.69) is 0 Å². The lowest BCUT2D eigenvalue weighted by Gasteiger charge is -1.84.